The van der Waals surface area contributed by atoms with Gasteiger partial charge >= 0.3 is 5.97 Å². The molecular formula is C24H22ClN7O4. The molecule has 3 saturated carbocycles. The number of halogens is 1. The summed E-state index contributed by atoms with van der Waals surface area (Å²) in [4.78, 5) is 44.8. The van der Waals surface area contributed by atoms with Gasteiger partial charge in [-0.05, 0) is 49.7 Å². The minimum atomic E-state index is -0.796. The zero-order valence-corrected chi connectivity index (χ0v) is 19.7. The summed E-state index contributed by atoms with van der Waals surface area (Å²) in [6.07, 6.45) is 6.94. The van der Waals surface area contributed by atoms with Crippen LogP contribution in [0.3, 0.4) is 0 Å². The number of carbonyl (C=O) groups is 2. The van der Waals surface area contributed by atoms with Gasteiger partial charge in [-0.15, -0.1) is 0 Å². The van der Waals surface area contributed by atoms with Gasteiger partial charge in [-0.3, -0.25) is 9.59 Å². The van der Waals surface area contributed by atoms with Crippen LogP contribution in [0.2, 0.25) is 5.15 Å². The number of hydrogen-bond donors (Lipinski definition) is 4. The maximum absolute atomic E-state index is 12.2. The summed E-state index contributed by atoms with van der Waals surface area (Å²) >= 11 is 6.08. The number of carboxylic acid groups (broad SMARTS) is 1. The average Bonchev–Trinajstić information content (AvgIpc) is 3.52. The molecule has 7 rings (SSSR count). The summed E-state index contributed by atoms with van der Waals surface area (Å²) in [7, 11) is 0. The third-order valence-corrected chi connectivity index (χ3v) is 7.42. The number of nitrogens with one attached hydrogen (secondary N) is 2. The van der Waals surface area contributed by atoms with Crippen LogP contribution in [0.5, 0.6) is 0 Å². The van der Waals surface area contributed by atoms with E-state index in [-0.39, 0.29) is 28.8 Å². The van der Waals surface area contributed by atoms with E-state index in [0.29, 0.717) is 39.8 Å². The number of fused-ring (bicyclic) bond motifs is 4. The fraction of sp³-hybridized carbons (Fsp3) is 0.333. The number of aliphatic carboxylic acids is 1. The monoisotopic (exact) mass is 507 g/mol. The second-order valence-corrected chi connectivity index (χ2v) is 9.68. The Bertz CT molecular complexity index is 1490. The summed E-state index contributed by atoms with van der Waals surface area (Å²) in [6.45, 7) is 0. The first-order chi connectivity index (χ1) is 17.4. The summed E-state index contributed by atoms with van der Waals surface area (Å²) in [5, 5.41) is 13.6. The maximum atomic E-state index is 12.2. The lowest BCUT2D eigenvalue weighted by molar-refractivity contribution is -0.148. The van der Waals surface area contributed by atoms with E-state index in [2.05, 4.69) is 25.3 Å². The molecule has 0 aromatic carbocycles. The van der Waals surface area contributed by atoms with Crippen molar-refractivity contribution in [1.82, 2.24) is 24.9 Å². The van der Waals surface area contributed by atoms with Gasteiger partial charge in [0.05, 0.1) is 17.7 Å². The SMILES string of the molecule is NC(=O)c1ccc(-c2cc(N[C@H]3C4CCC(CC4)[C@@H]3C(=O)O)nc(-c3c[nH]c4ncc(Cl)nc34)n2)o1. The van der Waals surface area contributed by atoms with Crippen LogP contribution >= 0.6 is 11.6 Å². The van der Waals surface area contributed by atoms with Crippen molar-refractivity contribution in [1.29, 1.82) is 0 Å². The molecule has 0 radical (unpaired) electrons. The van der Waals surface area contributed by atoms with E-state index in [0.717, 1.165) is 25.7 Å². The van der Waals surface area contributed by atoms with Crippen LogP contribution in [0.15, 0.2) is 35.0 Å². The Balaban J connectivity index is 1.46. The molecular weight excluding hydrogens is 486 g/mol. The normalized spacial score (nSPS) is 23.1. The molecule has 184 valence electrons. The van der Waals surface area contributed by atoms with Crippen LogP contribution in [0, 0.1) is 17.8 Å². The molecule has 4 aromatic rings. The molecule has 3 fully saturated rings. The molecule has 12 heteroatoms. The number of rotatable bonds is 6. The molecule has 0 saturated heterocycles. The molecule has 4 heterocycles. The molecule has 36 heavy (non-hydrogen) atoms. The lowest BCUT2D eigenvalue weighted by Gasteiger charge is -2.47. The van der Waals surface area contributed by atoms with E-state index in [1.807, 2.05) is 0 Å². The predicted molar refractivity (Wildman–Crippen MR) is 130 cm³/mol. The number of anilines is 1. The molecule has 5 N–H and O–H groups in total. The first kappa shape index (κ1) is 22.5. The fourth-order valence-electron chi connectivity index (χ4n) is 5.60. The summed E-state index contributed by atoms with van der Waals surface area (Å²) < 4.78 is 5.62. The number of furan rings is 1. The Morgan fingerprint density at radius 3 is 2.64 bits per heavy atom. The third-order valence-electron chi connectivity index (χ3n) is 7.24. The van der Waals surface area contributed by atoms with Crippen LogP contribution < -0.4 is 11.1 Å². The zero-order valence-electron chi connectivity index (χ0n) is 18.9. The number of nitrogens with zero attached hydrogens (tertiary/aromatic N) is 4. The molecule has 2 bridgehead atoms. The number of carbonyl (C=O) groups excluding carboxylic acids is 1. The number of amides is 1. The summed E-state index contributed by atoms with van der Waals surface area (Å²) in [6, 6.07) is 4.50. The van der Waals surface area contributed by atoms with Gasteiger partial charge in [0.2, 0.25) is 0 Å². The van der Waals surface area contributed by atoms with Crippen molar-refractivity contribution in [3.05, 3.63) is 41.5 Å². The Morgan fingerprint density at radius 1 is 1.14 bits per heavy atom. The van der Waals surface area contributed by atoms with Gasteiger partial charge in [0.15, 0.2) is 23.0 Å². The van der Waals surface area contributed by atoms with Crippen LogP contribution in [-0.2, 0) is 4.79 Å². The van der Waals surface area contributed by atoms with Crippen molar-refractivity contribution in [2.75, 3.05) is 5.32 Å². The van der Waals surface area contributed by atoms with Crippen LogP contribution in [0.4, 0.5) is 5.82 Å². The van der Waals surface area contributed by atoms with E-state index < -0.39 is 17.8 Å². The van der Waals surface area contributed by atoms with E-state index in [4.69, 9.17) is 26.7 Å². The quantitative estimate of drug-likeness (QED) is 0.303. The topological polar surface area (TPSA) is 173 Å². The number of aromatic nitrogens is 5. The van der Waals surface area contributed by atoms with Crippen LogP contribution in [0.25, 0.3) is 34.0 Å². The maximum Gasteiger partial charge on any atom is 0.308 e. The molecule has 4 aromatic heterocycles. The molecule has 0 aliphatic heterocycles. The van der Waals surface area contributed by atoms with Crippen LogP contribution in [-0.4, -0.2) is 47.9 Å². The van der Waals surface area contributed by atoms with Crippen molar-refractivity contribution in [2.45, 2.75) is 31.7 Å². The van der Waals surface area contributed by atoms with Gasteiger partial charge in [-0.1, -0.05) is 11.6 Å². The summed E-state index contributed by atoms with van der Waals surface area (Å²) in [5.41, 5.74) is 7.32. The third kappa shape index (κ3) is 3.85. The minimum Gasteiger partial charge on any atom is -0.481 e. The molecule has 0 unspecified atom stereocenters. The molecule has 11 nitrogen and oxygen atoms in total. The highest BCUT2D eigenvalue weighted by atomic mass is 35.5. The fourth-order valence-corrected chi connectivity index (χ4v) is 5.73. The molecule has 1 amide bonds. The van der Waals surface area contributed by atoms with Gasteiger partial charge in [0.1, 0.15) is 22.2 Å². The van der Waals surface area contributed by atoms with E-state index in [1.54, 1.807) is 18.3 Å². The zero-order chi connectivity index (χ0) is 25.0. The number of aromatic amines is 1. The largest absolute Gasteiger partial charge is 0.481 e. The second-order valence-electron chi connectivity index (χ2n) is 9.29. The van der Waals surface area contributed by atoms with E-state index >= 15 is 0 Å². The lowest BCUT2D eigenvalue weighted by Crippen LogP contribution is -2.51. The van der Waals surface area contributed by atoms with Gasteiger partial charge in [0.25, 0.3) is 5.91 Å². The smallest absolute Gasteiger partial charge is 0.308 e. The Hall–Kier alpha value is -3.99. The Labute approximate surface area is 209 Å². The Kier molecular flexibility index (Phi) is 5.36. The molecule has 2 atom stereocenters. The average molecular weight is 508 g/mol. The first-order valence-electron chi connectivity index (χ1n) is 11.7. The van der Waals surface area contributed by atoms with E-state index in [1.165, 1.54) is 12.3 Å². The number of nitrogens with two attached hydrogens (primary N) is 1. The lowest BCUT2D eigenvalue weighted by atomic mass is 9.61. The van der Waals surface area contributed by atoms with E-state index in [9.17, 15) is 14.7 Å². The van der Waals surface area contributed by atoms with Crippen molar-refractivity contribution < 1.29 is 19.1 Å². The second kappa shape index (κ2) is 8.59. The number of primary amides is 1. The van der Waals surface area contributed by atoms with Crippen molar-refractivity contribution >= 4 is 40.5 Å². The van der Waals surface area contributed by atoms with Gasteiger partial charge < -0.3 is 25.6 Å². The van der Waals surface area contributed by atoms with Gasteiger partial charge in [-0.2, -0.15) is 0 Å². The molecule has 3 aliphatic carbocycles. The highest BCUT2D eigenvalue weighted by molar-refractivity contribution is 6.29. The highest BCUT2D eigenvalue weighted by Crippen LogP contribution is 2.46. The minimum absolute atomic E-state index is 0.0000503. The van der Waals surface area contributed by atoms with Gasteiger partial charge in [0, 0.05) is 18.3 Å². The number of H-pyrrole nitrogens is 1. The molecule has 0 spiro atoms. The van der Waals surface area contributed by atoms with Crippen molar-refractivity contribution in [3.8, 4) is 22.8 Å². The molecule has 3 aliphatic rings. The highest BCUT2D eigenvalue weighted by Gasteiger charge is 2.47. The van der Waals surface area contributed by atoms with Gasteiger partial charge in [-0.25, -0.2) is 19.9 Å². The van der Waals surface area contributed by atoms with Crippen molar-refractivity contribution in [2.24, 2.45) is 23.5 Å². The van der Waals surface area contributed by atoms with Crippen molar-refractivity contribution in [3.63, 3.8) is 0 Å². The van der Waals surface area contributed by atoms with Crippen LogP contribution in [0.1, 0.15) is 36.2 Å². The standard InChI is InChI=1S/C24H22ClN7O4/c25-16-9-28-23-20(30-16)12(8-27-23)22-29-13(14-5-6-15(36-14)21(26)33)7-17(32-22)31-19-11-3-1-10(2-4-11)18(19)24(34)35/h5-11,18-19H,1-4H2,(H2,26,33)(H,27,28)(H,34,35)(H,29,31,32)/t10?,11?,18-,19-/m0/s1. The first-order valence-corrected chi connectivity index (χ1v) is 12.0. The number of carboxylic acids is 1. The summed E-state index contributed by atoms with van der Waals surface area (Å²) in [5.74, 6) is -0.543. The number of hydrogen-bond acceptors (Lipinski definition) is 8. The predicted octanol–water partition coefficient (Wildman–Crippen LogP) is 3.73. The Morgan fingerprint density at radius 2 is 1.92 bits per heavy atom.